The lowest BCUT2D eigenvalue weighted by atomic mass is 10.2. The molecule has 0 unspecified atom stereocenters. The topological polar surface area (TPSA) is 9.23 Å². The second-order valence-electron chi connectivity index (χ2n) is 2.33. The van der Waals surface area contributed by atoms with Crippen LogP contribution in [0.5, 0.6) is 0 Å². The van der Waals surface area contributed by atoms with Crippen LogP contribution in [0.15, 0.2) is 0 Å². The lowest BCUT2D eigenvalue weighted by molar-refractivity contribution is 0.0673. The molecule has 0 aromatic rings. The smallest absolute Gasteiger partial charge is 0.0551 e. The molecule has 1 rings (SSSR count). The molecule has 0 aromatic carbocycles. The van der Waals surface area contributed by atoms with Crippen LogP contribution < -0.4 is 0 Å². The Morgan fingerprint density at radius 1 is 1.14 bits per heavy atom. The molecule has 1 heterocycles. The van der Waals surface area contributed by atoms with Gasteiger partial charge in [0.2, 0.25) is 0 Å². The van der Waals surface area contributed by atoms with Gasteiger partial charge in [0.1, 0.15) is 0 Å². The average molecular weight is 100 g/mol. The number of hydrogen-bond donors (Lipinski definition) is 0. The van der Waals surface area contributed by atoms with Gasteiger partial charge in [-0.1, -0.05) is 0 Å². The Bertz CT molecular complexity index is 53.2. The van der Waals surface area contributed by atoms with Gasteiger partial charge in [0.05, 0.1) is 12.2 Å². The molecule has 0 amide bonds. The third-order valence-electron chi connectivity index (χ3n) is 1.44. The molecule has 1 saturated heterocycles. The van der Waals surface area contributed by atoms with E-state index in [1.807, 2.05) is 0 Å². The highest BCUT2D eigenvalue weighted by Gasteiger charge is 2.16. The standard InChI is InChI=1S/C6H12O/c1-5-3-4-6(2)7-5/h5-6H,3-4H2,1-2H3/t5-,6-/m1/s1. The highest BCUT2D eigenvalue weighted by atomic mass is 16.5. The first-order valence-corrected chi connectivity index (χ1v) is 2.94. The van der Waals surface area contributed by atoms with E-state index in [1.165, 1.54) is 12.8 Å². The molecule has 0 spiro atoms. The van der Waals surface area contributed by atoms with E-state index in [4.69, 9.17) is 4.74 Å². The minimum atomic E-state index is 0.523. The highest BCUT2D eigenvalue weighted by Crippen LogP contribution is 2.17. The maximum atomic E-state index is 5.36. The normalized spacial score (nSPS) is 42.0. The molecule has 2 atom stereocenters. The van der Waals surface area contributed by atoms with Gasteiger partial charge in [-0.05, 0) is 26.7 Å². The first kappa shape index (κ1) is 5.10. The van der Waals surface area contributed by atoms with Crippen molar-refractivity contribution in [3.63, 3.8) is 0 Å². The second-order valence-corrected chi connectivity index (χ2v) is 2.33. The summed E-state index contributed by atoms with van der Waals surface area (Å²) in [5.41, 5.74) is 0. The Hall–Kier alpha value is -0.0400. The van der Waals surface area contributed by atoms with Crippen LogP contribution in [-0.4, -0.2) is 12.2 Å². The minimum Gasteiger partial charge on any atom is -0.376 e. The fraction of sp³-hybridized carbons (Fsp3) is 1.00. The molecule has 0 N–H and O–H groups in total. The van der Waals surface area contributed by atoms with E-state index in [0.717, 1.165) is 0 Å². The summed E-state index contributed by atoms with van der Waals surface area (Å²) in [7, 11) is 0. The van der Waals surface area contributed by atoms with Crippen LogP contribution in [0.4, 0.5) is 0 Å². The molecule has 0 bridgehead atoms. The molecule has 7 heavy (non-hydrogen) atoms. The van der Waals surface area contributed by atoms with Crippen LogP contribution in [0, 0.1) is 0 Å². The molecular formula is C6H12O. The van der Waals surface area contributed by atoms with Gasteiger partial charge in [-0.2, -0.15) is 0 Å². The van der Waals surface area contributed by atoms with Crippen molar-refractivity contribution >= 4 is 0 Å². The number of hydrogen-bond acceptors (Lipinski definition) is 1. The summed E-state index contributed by atoms with van der Waals surface area (Å²) in [4.78, 5) is 0. The zero-order valence-corrected chi connectivity index (χ0v) is 4.98. The lowest BCUT2D eigenvalue weighted by Gasteiger charge is -2.01. The van der Waals surface area contributed by atoms with Crippen molar-refractivity contribution in [1.82, 2.24) is 0 Å². The third-order valence-corrected chi connectivity index (χ3v) is 1.44. The van der Waals surface area contributed by atoms with E-state index in [1.54, 1.807) is 0 Å². The number of rotatable bonds is 0. The Balaban J connectivity index is 2.26. The molecular weight excluding hydrogens is 88.1 g/mol. The zero-order chi connectivity index (χ0) is 5.28. The summed E-state index contributed by atoms with van der Waals surface area (Å²) in [5.74, 6) is 0. The fourth-order valence-corrected chi connectivity index (χ4v) is 1.00. The van der Waals surface area contributed by atoms with E-state index in [9.17, 15) is 0 Å². The minimum absolute atomic E-state index is 0.523. The molecule has 42 valence electrons. The van der Waals surface area contributed by atoms with Crippen molar-refractivity contribution in [1.29, 1.82) is 0 Å². The van der Waals surface area contributed by atoms with Crippen LogP contribution in [0.1, 0.15) is 26.7 Å². The van der Waals surface area contributed by atoms with E-state index >= 15 is 0 Å². The van der Waals surface area contributed by atoms with Crippen LogP contribution in [0.3, 0.4) is 0 Å². The molecule has 0 aromatic heterocycles. The largest absolute Gasteiger partial charge is 0.376 e. The van der Waals surface area contributed by atoms with Crippen LogP contribution in [-0.2, 0) is 4.74 Å². The van der Waals surface area contributed by atoms with Crippen molar-refractivity contribution in [3.05, 3.63) is 0 Å². The molecule has 1 aliphatic rings. The van der Waals surface area contributed by atoms with Crippen molar-refractivity contribution in [2.75, 3.05) is 0 Å². The van der Waals surface area contributed by atoms with Crippen molar-refractivity contribution in [2.24, 2.45) is 0 Å². The van der Waals surface area contributed by atoms with Gasteiger partial charge in [0, 0.05) is 0 Å². The van der Waals surface area contributed by atoms with Crippen molar-refractivity contribution in [2.45, 2.75) is 38.9 Å². The molecule has 0 radical (unpaired) electrons. The van der Waals surface area contributed by atoms with E-state index in [-0.39, 0.29) is 0 Å². The molecule has 1 nitrogen and oxygen atoms in total. The van der Waals surface area contributed by atoms with E-state index < -0.39 is 0 Å². The summed E-state index contributed by atoms with van der Waals surface area (Å²) in [6, 6.07) is 0. The second kappa shape index (κ2) is 1.83. The van der Waals surface area contributed by atoms with Gasteiger partial charge in [0.25, 0.3) is 0 Å². The summed E-state index contributed by atoms with van der Waals surface area (Å²) < 4.78 is 5.36. The average Bonchev–Trinajstić information content (AvgIpc) is 1.87. The Kier molecular flexibility index (Phi) is 1.33. The number of ether oxygens (including phenoxy) is 1. The van der Waals surface area contributed by atoms with Crippen LogP contribution in [0.25, 0.3) is 0 Å². The van der Waals surface area contributed by atoms with Crippen molar-refractivity contribution < 1.29 is 4.74 Å². The molecule has 1 aliphatic heterocycles. The predicted octanol–water partition coefficient (Wildman–Crippen LogP) is 1.57. The maximum absolute atomic E-state index is 5.36. The SMILES string of the molecule is C[C@@H]1CC[C@@H](C)O1. The van der Waals surface area contributed by atoms with Gasteiger partial charge >= 0.3 is 0 Å². The zero-order valence-electron chi connectivity index (χ0n) is 4.98. The maximum Gasteiger partial charge on any atom is 0.0551 e. The fourth-order valence-electron chi connectivity index (χ4n) is 1.00. The predicted molar refractivity (Wildman–Crippen MR) is 29.2 cm³/mol. The van der Waals surface area contributed by atoms with Gasteiger partial charge < -0.3 is 4.74 Å². The van der Waals surface area contributed by atoms with Crippen LogP contribution >= 0.6 is 0 Å². The van der Waals surface area contributed by atoms with E-state index in [2.05, 4.69) is 13.8 Å². The monoisotopic (exact) mass is 100 g/mol. The summed E-state index contributed by atoms with van der Waals surface area (Å²) in [6.07, 6.45) is 3.55. The van der Waals surface area contributed by atoms with Gasteiger partial charge in [-0.15, -0.1) is 0 Å². The van der Waals surface area contributed by atoms with Gasteiger partial charge in [-0.3, -0.25) is 0 Å². The van der Waals surface area contributed by atoms with E-state index in [0.29, 0.717) is 12.2 Å². The van der Waals surface area contributed by atoms with Gasteiger partial charge in [-0.25, -0.2) is 0 Å². The third kappa shape index (κ3) is 1.16. The molecule has 1 heteroatoms. The summed E-state index contributed by atoms with van der Waals surface area (Å²) >= 11 is 0. The Labute approximate surface area is 44.7 Å². The Morgan fingerprint density at radius 2 is 1.57 bits per heavy atom. The van der Waals surface area contributed by atoms with Crippen molar-refractivity contribution in [3.8, 4) is 0 Å². The first-order valence-electron chi connectivity index (χ1n) is 2.94. The Morgan fingerprint density at radius 3 is 1.71 bits per heavy atom. The summed E-state index contributed by atoms with van der Waals surface area (Å²) in [6.45, 7) is 4.26. The first-order chi connectivity index (χ1) is 3.29. The van der Waals surface area contributed by atoms with Crippen LogP contribution in [0.2, 0.25) is 0 Å². The summed E-state index contributed by atoms with van der Waals surface area (Å²) in [5, 5.41) is 0. The van der Waals surface area contributed by atoms with Gasteiger partial charge in [0.15, 0.2) is 0 Å². The quantitative estimate of drug-likeness (QED) is 0.449. The lowest BCUT2D eigenvalue weighted by Crippen LogP contribution is -2.01. The molecule has 1 fully saturated rings. The molecule has 0 saturated carbocycles. The molecule has 0 aliphatic carbocycles. The highest BCUT2D eigenvalue weighted by molar-refractivity contribution is 4.64.